The summed E-state index contributed by atoms with van der Waals surface area (Å²) in [5, 5.41) is 12.4. The van der Waals surface area contributed by atoms with Gasteiger partial charge in [0.1, 0.15) is 17.5 Å². The minimum absolute atomic E-state index is 0.230. The highest BCUT2D eigenvalue weighted by atomic mass is 35.5. The van der Waals surface area contributed by atoms with Crippen molar-refractivity contribution in [1.82, 2.24) is 10.2 Å². The summed E-state index contributed by atoms with van der Waals surface area (Å²) in [6.45, 7) is 5.37. The highest BCUT2D eigenvalue weighted by molar-refractivity contribution is 8.01. The number of nitrogens with zero attached hydrogens (tertiary/aromatic N) is 1. The van der Waals surface area contributed by atoms with Crippen LogP contribution in [0.25, 0.3) is 0 Å². The molecule has 2 saturated heterocycles. The standard InChI is InChI=1S/C14H19ClN2O4S2/c1-7(15)4-5-22-6-8(18)16-9-11(19)17-10(13(20)21)14(2,3)23-12(9)17/h4,9-10,12H,5-6H2,1-3H3,(H,16,18)(H,20,21)/b7-4-/t9-,10+,12-/m1/s1. The largest absolute Gasteiger partial charge is 0.480 e. The Labute approximate surface area is 148 Å². The van der Waals surface area contributed by atoms with E-state index < -0.39 is 22.8 Å². The Balaban J connectivity index is 1.90. The molecule has 0 aliphatic carbocycles. The SMILES string of the molecule is C/C(Cl)=C/CSCC(=O)N[C@@H]1C(=O)N2[C@@H]1SC(C)(C)[C@@H]2C(=O)O. The maximum absolute atomic E-state index is 12.2. The second-order valence-corrected chi connectivity index (χ2v) is 9.35. The Morgan fingerprint density at radius 3 is 2.74 bits per heavy atom. The quantitative estimate of drug-likeness (QED) is 0.538. The number of carbonyl (C=O) groups excluding carboxylic acids is 2. The first-order chi connectivity index (χ1) is 10.6. The van der Waals surface area contributed by atoms with Crippen molar-refractivity contribution in [3.05, 3.63) is 11.1 Å². The predicted molar refractivity (Wildman–Crippen MR) is 92.6 cm³/mol. The van der Waals surface area contributed by atoms with Crippen molar-refractivity contribution in [2.45, 2.75) is 43.0 Å². The first-order valence-corrected chi connectivity index (χ1v) is 9.48. The molecule has 2 aliphatic rings. The van der Waals surface area contributed by atoms with E-state index in [9.17, 15) is 19.5 Å². The summed E-state index contributed by atoms with van der Waals surface area (Å²) in [7, 11) is 0. The van der Waals surface area contributed by atoms with Crippen molar-refractivity contribution < 1.29 is 19.5 Å². The summed E-state index contributed by atoms with van der Waals surface area (Å²) in [5.74, 6) is -0.712. The molecule has 2 rings (SSSR count). The van der Waals surface area contributed by atoms with E-state index in [0.29, 0.717) is 10.8 Å². The Morgan fingerprint density at radius 2 is 2.17 bits per heavy atom. The van der Waals surface area contributed by atoms with E-state index in [4.69, 9.17) is 11.6 Å². The van der Waals surface area contributed by atoms with Crippen LogP contribution in [0.1, 0.15) is 20.8 Å². The molecule has 23 heavy (non-hydrogen) atoms. The first kappa shape index (κ1) is 18.5. The smallest absolute Gasteiger partial charge is 0.327 e. The number of carboxylic acids is 1. The number of rotatable bonds is 6. The van der Waals surface area contributed by atoms with Gasteiger partial charge in [0, 0.05) is 15.5 Å². The number of hydrogen-bond donors (Lipinski definition) is 2. The molecule has 2 amide bonds. The van der Waals surface area contributed by atoms with Crippen LogP contribution in [0.2, 0.25) is 0 Å². The third-order valence-corrected chi connectivity index (χ3v) is 6.30. The van der Waals surface area contributed by atoms with Crippen LogP contribution in [-0.2, 0) is 14.4 Å². The van der Waals surface area contributed by atoms with Crippen LogP contribution < -0.4 is 5.32 Å². The molecule has 0 unspecified atom stereocenters. The maximum atomic E-state index is 12.2. The van der Waals surface area contributed by atoms with Gasteiger partial charge in [0.15, 0.2) is 0 Å². The molecule has 0 bridgehead atoms. The molecule has 2 fully saturated rings. The number of allylic oxidation sites excluding steroid dienone is 1. The Hall–Kier alpha value is -0.860. The minimum atomic E-state index is -1.01. The Kier molecular flexibility index (Phi) is 5.58. The van der Waals surface area contributed by atoms with Crippen LogP contribution in [0.3, 0.4) is 0 Å². The van der Waals surface area contributed by atoms with Gasteiger partial charge >= 0.3 is 5.97 Å². The van der Waals surface area contributed by atoms with E-state index in [1.165, 1.54) is 28.4 Å². The van der Waals surface area contributed by atoms with Crippen molar-refractivity contribution in [3.63, 3.8) is 0 Å². The van der Waals surface area contributed by atoms with Gasteiger partial charge in [-0.2, -0.15) is 0 Å². The summed E-state index contributed by atoms with van der Waals surface area (Å²) in [6, 6.07) is -1.49. The van der Waals surface area contributed by atoms with Gasteiger partial charge in [-0.1, -0.05) is 17.7 Å². The zero-order valence-corrected chi connectivity index (χ0v) is 15.4. The van der Waals surface area contributed by atoms with Crippen molar-refractivity contribution in [3.8, 4) is 0 Å². The number of fused-ring (bicyclic) bond motifs is 1. The van der Waals surface area contributed by atoms with Crippen molar-refractivity contribution in [2.75, 3.05) is 11.5 Å². The highest BCUT2D eigenvalue weighted by Gasteiger charge is 2.64. The van der Waals surface area contributed by atoms with Crippen LogP contribution in [0, 0.1) is 0 Å². The van der Waals surface area contributed by atoms with E-state index in [2.05, 4.69) is 5.32 Å². The van der Waals surface area contributed by atoms with Crippen molar-refractivity contribution in [2.24, 2.45) is 0 Å². The van der Waals surface area contributed by atoms with E-state index >= 15 is 0 Å². The van der Waals surface area contributed by atoms with Crippen LogP contribution in [-0.4, -0.2) is 61.5 Å². The number of aliphatic carboxylic acids is 1. The highest BCUT2D eigenvalue weighted by Crippen LogP contribution is 2.50. The van der Waals surface area contributed by atoms with E-state index in [1.807, 2.05) is 6.08 Å². The van der Waals surface area contributed by atoms with Crippen molar-refractivity contribution in [1.29, 1.82) is 0 Å². The number of β-lactam (4-membered cyclic amide) rings is 1. The number of halogens is 1. The summed E-state index contributed by atoms with van der Waals surface area (Å²) in [4.78, 5) is 36.9. The lowest BCUT2D eigenvalue weighted by molar-refractivity contribution is -0.160. The summed E-state index contributed by atoms with van der Waals surface area (Å²) >= 11 is 8.52. The number of thioether (sulfide) groups is 2. The molecule has 0 spiro atoms. The van der Waals surface area contributed by atoms with Gasteiger partial charge in [0.2, 0.25) is 11.8 Å². The lowest BCUT2D eigenvalue weighted by Gasteiger charge is -2.43. The van der Waals surface area contributed by atoms with Crippen LogP contribution in [0.15, 0.2) is 11.1 Å². The van der Waals surface area contributed by atoms with Crippen LogP contribution in [0.5, 0.6) is 0 Å². The Morgan fingerprint density at radius 1 is 1.52 bits per heavy atom. The molecule has 2 N–H and O–H groups in total. The summed E-state index contributed by atoms with van der Waals surface area (Å²) in [6.07, 6.45) is 1.81. The molecule has 0 saturated carbocycles. The van der Waals surface area contributed by atoms with E-state index in [1.54, 1.807) is 20.8 Å². The second-order valence-electron chi connectivity index (χ2n) is 5.95. The zero-order chi connectivity index (χ0) is 17.4. The zero-order valence-electron chi connectivity index (χ0n) is 13.0. The number of nitrogens with one attached hydrogen (secondary N) is 1. The molecule has 6 nitrogen and oxygen atoms in total. The van der Waals surface area contributed by atoms with Gasteiger partial charge in [-0.05, 0) is 20.8 Å². The number of carbonyl (C=O) groups is 3. The van der Waals surface area contributed by atoms with Gasteiger partial charge in [-0.25, -0.2) is 4.79 Å². The molecule has 128 valence electrons. The third-order valence-electron chi connectivity index (χ3n) is 3.71. The molecule has 2 aliphatic heterocycles. The monoisotopic (exact) mass is 378 g/mol. The number of hydrogen-bond acceptors (Lipinski definition) is 5. The van der Waals surface area contributed by atoms with Gasteiger partial charge < -0.3 is 15.3 Å². The fourth-order valence-electron chi connectivity index (χ4n) is 2.69. The third kappa shape index (κ3) is 3.80. The summed E-state index contributed by atoms with van der Waals surface area (Å²) < 4.78 is -0.580. The molecule has 2 heterocycles. The average Bonchev–Trinajstić information content (AvgIpc) is 2.69. The molecule has 0 radical (unpaired) electrons. The molecule has 0 aromatic heterocycles. The molecule has 9 heteroatoms. The molecular weight excluding hydrogens is 360 g/mol. The first-order valence-electron chi connectivity index (χ1n) is 7.07. The van der Waals surface area contributed by atoms with Crippen LogP contribution >= 0.6 is 35.1 Å². The second kappa shape index (κ2) is 6.94. The van der Waals surface area contributed by atoms with Crippen LogP contribution in [0.4, 0.5) is 0 Å². The molecule has 0 aromatic rings. The Bertz CT molecular complexity index is 563. The van der Waals surface area contributed by atoms with E-state index in [-0.39, 0.29) is 22.9 Å². The molecular formula is C14H19ClN2O4S2. The van der Waals surface area contributed by atoms with Gasteiger partial charge in [-0.3, -0.25) is 9.59 Å². The maximum Gasteiger partial charge on any atom is 0.327 e. The lowest BCUT2D eigenvalue weighted by Crippen LogP contribution is -2.70. The fourth-order valence-corrected chi connectivity index (χ4v) is 5.23. The van der Waals surface area contributed by atoms with Gasteiger partial charge in [-0.15, -0.1) is 23.5 Å². The fraction of sp³-hybridized carbons (Fsp3) is 0.643. The number of amides is 2. The predicted octanol–water partition coefficient (Wildman–Crippen LogP) is 1.49. The average molecular weight is 379 g/mol. The minimum Gasteiger partial charge on any atom is -0.480 e. The normalized spacial score (nSPS) is 29.0. The van der Waals surface area contributed by atoms with E-state index in [0.717, 1.165) is 0 Å². The lowest BCUT2D eigenvalue weighted by atomic mass is 9.96. The molecule has 3 atom stereocenters. The number of carboxylic acid groups (broad SMARTS) is 1. The molecule has 0 aromatic carbocycles. The van der Waals surface area contributed by atoms with Gasteiger partial charge in [0.25, 0.3) is 0 Å². The topological polar surface area (TPSA) is 86.7 Å². The van der Waals surface area contributed by atoms with Gasteiger partial charge in [0.05, 0.1) is 5.75 Å². The van der Waals surface area contributed by atoms with Crippen molar-refractivity contribution >= 4 is 52.9 Å². The summed E-state index contributed by atoms with van der Waals surface area (Å²) in [5.41, 5.74) is 0.